The number of carbonyl (C=O) groups is 1. The summed E-state index contributed by atoms with van der Waals surface area (Å²) in [6, 6.07) is 1.28. The summed E-state index contributed by atoms with van der Waals surface area (Å²) in [4.78, 5) is 23.8. The van der Waals surface area contributed by atoms with Crippen LogP contribution in [0.1, 0.15) is 22.8 Å². The van der Waals surface area contributed by atoms with E-state index in [9.17, 15) is 22.8 Å². The summed E-state index contributed by atoms with van der Waals surface area (Å²) in [5, 5.41) is 1.62. The number of esters is 1. The van der Waals surface area contributed by atoms with Crippen molar-refractivity contribution >= 4 is 29.2 Å². The van der Waals surface area contributed by atoms with Gasteiger partial charge >= 0.3 is 12.1 Å². The molecular weight excluding hydrogens is 374 g/mol. The lowest BCUT2D eigenvalue weighted by molar-refractivity contribution is -0.137. The predicted octanol–water partition coefficient (Wildman–Crippen LogP) is 4.04. The number of nitrogens with zero attached hydrogens (tertiary/aromatic N) is 1. The molecule has 0 aliphatic rings. The summed E-state index contributed by atoms with van der Waals surface area (Å²) in [6.45, 7) is 1.62. The molecular formula is C13H13Cl2F3N3O3+. The molecule has 0 unspecified atom stereocenters. The van der Waals surface area contributed by atoms with Gasteiger partial charge in [-0.1, -0.05) is 23.2 Å². The van der Waals surface area contributed by atoms with E-state index in [0.717, 1.165) is 10.9 Å². The number of H-pyrrole nitrogens is 1. The van der Waals surface area contributed by atoms with Crippen molar-refractivity contribution in [3.63, 3.8) is 0 Å². The Bertz CT molecular complexity index is 792. The zero-order chi connectivity index (χ0) is 17.4. The van der Waals surface area contributed by atoms with E-state index in [4.69, 9.17) is 27.9 Å². The van der Waals surface area contributed by atoms with Crippen molar-refractivity contribution in [1.82, 2.24) is 15.9 Å². The van der Waals surface area contributed by atoms with E-state index >= 15 is 0 Å². The Morgan fingerprint density at radius 2 is 1.83 bits per heavy atom. The Hall–Kier alpha value is -1.97. The van der Waals surface area contributed by atoms with Crippen LogP contribution < -0.4 is 11.7 Å². The van der Waals surface area contributed by atoms with Gasteiger partial charge in [0.25, 0.3) is 5.56 Å². The predicted molar refractivity (Wildman–Crippen MR) is 83.4 cm³/mol. The molecule has 2 aromatic rings. The number of hydrogen-bond acceptors (Lipinski definition) is 3. The molecule has 132 valence electrons. The number of halogens is 5. The normalized spacial score (nSPS) is 11.1. The summed E-state index contributed by atoms with van der Waals surface area (Å²) >= 11 is 11.6. The minimum Gasteiger partial charge on any atom is -0.462 e. The number of nitrogens with one attached hydrogen (secondary N) is 1. The van der Waals surface area contributed by atoms with Crippen LogP contribution in [0.2, 0.25) is 10.0 Å². The quantitative estimate of drug-likeness (QED) is 0.778. The number of alkyl halides is 3. The molecule has 0 fully saturated rings. The highest BCUT2D eigenvalue weighted by Gasteiger charge is 2.32. The van der Waals surface area contributed by atoms with Gasteiger partial charge in [0.1, 0.15) is 11.3 Å². The fourth-order valence-electron chi connectivity index (χ4n) is 1.83. The highest BCUT2D eigenvalue weighted by atomic mass is 35.5. The molecule has 24 heavy (non-hydrogen) atoms. The molecule has 0 amide bonds. The summed E-state index contributed by atoms with van der Waals surface area (Å²) < 4.78 is 43.6. The van der Waals surface area contributed by atoms with E-state index in [1.807, 2.05) is 0 Å². The maximum Gasteiger partial charge on any atom is 0.416 e. The van der Waals surface area contributed by atoms with E-state index in [1.165, 1.54) is 0 Å². The molecule has 6 nitrogen and oxygen atoms in total. The lowest BCUT2D eigenvalue weighted by Crippen LogP contribution is -2.22. The van der Waals surface area contributed by atoms with Crippen LogP contribution in [-0.4, -0.2) is 22.4 Å². The average Bonchev–Trinajstić information content (AvgIpc) is 2.79. The van der Waals surface area contributed by atoms with Crippen molar-refractivity contribution in [3.05, 3.63) is 49.9 Å². The molecule has 2 rings (SSSR count). The monoisotopic (exact) mass is 386 g/mol. The van der Waals surface area contributed by atoms with Crippen molar-refractivity contribution in [2.75, 3.05) is 6.61 Å². The molecule has 11 heteroatoms. The molecule has 0 atom stereocenters. The first-order chi connectivity index (χ1) is 10.7. The van der Waals surface area contributed by atoms with E-state index in [0.29, 0.717) is 12.1 Å². The van der Waals surface area contributed by atoms with Crippen LogP contribution in [0.3, 0.4) is 0 Å². The zero-order valence-corrected chi connectivity index (χ0v) is 14.0. The Kier molecular flexibility index (Phi) is 6.09. The maximum absolute atomic E-state index is 12.7. The van der Waals surface area contributed by atoms with Crippen molar-refractivity contribution in [2.24, 2.45) is 0 Å². The average molecular weight is 387 g/mol. The second-order valence-electron chi connectivity index (χ2n) is 4.33. The van der Waals surface area contributed by atoms with Crippen molar-refractivity contribution < 1.29 is 22.7 Å². The summed E-state index contributed by atoms with van der Waals surface area (Å²) in [5.74, 6) is -0.869. The molecule has 0 aliphatic carbocycles. The van der Waals surface area contributed by atoms with Crippen LogP contribution >= 0.6 is 23.2 Å². The molecule has 0 saturated heterocycles. The van der Waals surface area contributed by atoms with Crippen molar-refractivity contribution in [1.29, 1.82) is 0 Å². The largest absolute Gasteiger partial charge is 0.462 e. The lowest BCUT2D eigenvalue weighted by Gasteiger charge is -2.12. The molecule has 0 spiro atoms. The SMILES string of the molecule is CCOC(=O)c1c[nH]n(-c2c(Cl)cc(C(F)(F)F)cc2Cl)c1=O.[NH4+]. The van der Waals surface area contributed by atoms with Gasteiger partial charge in [-0.3, -0.25) is 9.89 Å². The van der Waals surface area contributed by atoms with Crippen LogP contribution in [-0.2, 0) is 10.9 Å². The standard InChI is InChI=1S/C13H9Cl2F3N2O3.H3N/c1-2-23-12(22)7-5-19-20(11(7)21)10-8(14)3-6(4-9(10)15)13(16,17)18;/h3-5,19H,2H2,1H3;1H3/p+1. The van der Waals surface area contributed by atoms with Gasteiger partial charge in [0, 0.05) is 6.20 Å². The van der Waals surface area contributed by atoms with Crippen LogP contribution in [0.4, 0.5) is 13.2 Å². The number of quaternary nitrogens is 1. The van der Waals surface area contributed by atoms with Crippen LogP contribution in [0.15, 0.2) is 23.1 Å². The van der Waals surface area contributed by atoms with Gasteiger partial charge in [-0.2, -0.15) is 13.2 Å². The van der Waals surface area contributed by atoms with Gasteiger partial charge in [-0.25, -0.2) is 9.48 Å². The molecule has 1 aromatic carbocycles. The lowest BCUT2D eigenvalue weighted by atomic mass is 10.2. The smallest absolute Gasteiger partial charge is 0.416 e. The Balaban J connectivity index is 0.00000288. The van der Waals surface area contributed by atoms with Crippen LogP contribution in [0, 0.1) is 0 Å². The number of ether oxygens (including phenoxy) is 1. The summed E-state index contributed by atoms with van der Waals surface area (Å²) in [5.41, 5.74) is -2.41. The van der Waals surface area contributed by atoms with Gasteiger partial charge in [-0.15, -0.1) is 0 Å². The van der Waals surface area contributed by atoms with E-state index < -0.39 is 33.3 Å². The van der Waals surface area contributed by atoms with E-state index in [1.54, 1.807) is 6.92 Å². The fourth-order valence-corrected chi connectivity index (χ4v) is 2.49. The molecule has 0 aliphatic heterocycles. The third kappa shape index (κ3) is 3.74. The summed E-state index contributed by atoms with van der Waals surface area (Å²) in [7, 11) is 0. The summed E-state index contributed by atoms with van der Waals surface area (Å²) in [6.07, 6.45) is -3.58. The maximum atomic E-state index is 12.7. The zero-order valence-electron chi connectivity index (χ0n) is 12.5. The Labute approximate surface area is 143 Å². The van der Waals surface area contributed by atoms with Gasteiger partial charge in [-0.05, 0) is 19.1 Å². The third-order valence-electron chi connectivity index (χ3n) is 2.83. The van der Waals surface area contributed by atoms with Crippen LogP contribution in [0.25, 0.3) is 5.69 Å². The number of aromatic amines is 1. The third-order valence-corrected chi connectivity index (χ3v) is 3.41. The molecule has 1 heterocycles. The van der Waals surface area contributed by atoms with Crippen LogP contribution in [0.5, 0.6) is 0 Å². The molecule has 0 bridgehead atoms. The molecule has 5 N–H and O–H groups in total. The van der Waals surface area contributed by atoms with E-state index in [-0.39, 0.29) is 24.0 Å². The molecule has 1 aromatic heterocycles. The van der Waals surface area contributed by atoms with Gasteiger partial charge in [0.15, 0.2) is 0 Å². The number of carbonyl (C=O) groups excluding carboxylic acids is 1. The number of hydrogen-bond donors (Lipinski definition) is 2. The van der Waals surface area contributed by atoms with Gasteiger partial charge < -0.3 is 10.9 Å². The minimum atomic E-state index is -4.64. The number of rotatable bonds is 3. The topological polar surface area (TPSA) is 101 Å². The highest BCUT2D eigenvalue weighted by molar-refractivity contribution is 6.37. The first-order valence-electron chi connectivity index (χ1n) is 6.21. The Morgan fingerprint density at radius 1 is 1.29 bits per heavy atom. The molecule has 0 saturated carbocycles. The van der Waals surface area contributed by atoms with E-state index in [2.05, 4.69) is 5.10 Å². The number of benzene rings is 1. The Morgan fingerprint density at radius 3 is 2.29 bits per heavy atom. The fraction of sp³-hybridized carbons (Fsp3) is 0.231. The highest BCUT2D eigenvalue weighted by Crippen LogP contribution is 2.36. The second-order valence-corrected chi connectivity index (χ2v) is 5.15. The number of aromatic nitrogens is 2. The van der Waals surface area contributed by atoms with Gasteiger partial charge in [0.05, 0.1) is 22.2 Å². The van der Waals surface area contributed by atoms with Crippen molar-refractivity contribution in [3.8, 4) is 5.69 Å². The first kappa shape index (κ1) is 20.1. The second kappa shape index (κ2) is 7.29. The first-order valence-corrected chi connectivity index (χ1v) is 6.96. The minimum absolute atomic E-state index is 0. The van der Waals surface area contributed by atoms with Crippen molar-refractivity contribution in [2.45, 2.75) is 13.1 Å². The van der Waals surface area contributed by atoms with Gasteiger partial charge in [0.2, 0.25) is 0 Å². The molecule has 0 radical (unpaired) electrons.